The smallest absolute Gasteiger partial charge is 0.251 e. The molecule has 4 rings (SSSR count). The number of imidazole rings is 2. The summed E-state index contributed by atoms with van der Waals surface area (Å²) in [6.45, 7) is 1.23. The van der Waals surface area contributed by atoms with Crippen LogP contribution >= 0.6 is 0 Å². The second kappa shape index (κ2) is 7.70. The van der Waals surface area contributed by atoms with Gasteiger partial charge in [0.15, 0.2) is 0 Å². The van der Waals surface area contributed by atoms with E-state index in [1.54, 1.807) is 25.0 Å². The summed E-state index contributed by atoms with van der Waals surface area (Å²) in [5.41, 5.74) is 3.86. The zero-order valence-corrected chi connectivity index (χ0v) is 14.7. The normalized spacial score (nSPS) is 10.7. The first-order valence-corrected chi connectivity index (χ1v) is 8.68. The Morgan fingerprint density at radius 1 is 0.852 bits per heavy atom. The molecule has 2 aromatic carbocycles. The van der Waals surface area contributed by atoms with Gasteiger partial charge in [-0.25, -0.2) is 9.97 Å². The van der Waals surface area contributed by atoms with E-state index >= 15 is 0 Å². The predicted octanol–water partition coefficient (Wildman–Crippen LogP) is 3.05. The second-order valence-corrected chi connectivity index (χ2v) is 6.25. The van der Waals surface area contributed by atoms with Gasteiger partial charge in [0, 0.05) is 49.1 Å². The van der Waals surface area contributed by atoms with E-state index in [9.17, 15) is 4.79 Å². The lowest BCUT2D eigenvalue weighted by Crippen LogP contribution is -2.22. The Kier molecular flexibility index (Phi) is 4.78. The van der Waals surface area contributed by atoms with Gasteiger partial charge in [0.1, 0.15) is 0 Å². The maximum atomic E-state index is 12.4. The monoisotopic (exact) mass is 357 g/mol. The fraction of sp³-hybridized carbons (Fsp3) is 0.0952. The van der Waals surface area contributed by atoms with Crippen LogP contribution in [-0.2, 0) is 13.1 Å². The van der Waals surface area contributed by atoms with Crippen LogP contribution in [-0.4, -0.2) is 25.0 Å². The molecule has 0 aliphatic rings. The molecule has 1 N–H and O–H groups in total. The number of nitrogens with one attached hydrogen (secondary N) is 1. The first-order chi connectivity index (χ1) is 13.3. The van der Waals surface area contributed by atoms with Crippen molar-refractivity contribution in [1.29, 1.82) is 0 Å². The number of carbonyl (C=O) groups is 1. The molecular weight excluding hydrogens is 338 g/mol. The van der Waals surface area contributed by atoms with Crippen molar-refractivity contribution < 1.29 is 4.79 Å². The molecule has 6 heteroatoms. The van der Waals surface area contributed by atoms with Crippen LogP contribution in [0.25, 0.3) is 5.69 Å². The summed E-state index contributed by atoms with van der Waals surface area (Å²) in [4.78, 5) is 20.4. The van der Waals surface area contributed by atoms with Crippen molar-refractivity contribution in [3.8, 4) is 5.69 Å². The lowest BCUT2D eigenvalue weighted by molar-refractivity contribution is 0.0951. The minimum Gasteiger partial charge on any atom is -0.348 e. The Morgan fingerprint density at radius 3 is 2.22 bits per heavy atom. The topological polar surface area (TPSA) is 64.7 Å². The van der Waals surface area contributed by atoms with Gasteiger partial charge >= 0.3 is 0 Å². The first-order valence-electron chi connectivity index (χ1n) is 8.68. The van der Waals surface area contributed by atoms with Gasteiger partial charge in [-0.2, -0.15) is 0 Å². The van der Waals surface area contributed by atoms with Gasteiger partial charge in [-0.3, -0.25) is 4.79 Å². The molecule has 0 radical (unpaired) electrons. The van der Waals surface area contributed by atoms with Crippen molar-refractivity contribution in [2.24, 2.45) is 0 Å². The number of carbonyl (C=O) groups excluding carboxylic acids is 1. The lowest BCUT2D eigenvalue weighted by Gasteiger charge is -2.08. The third-order valence-corrected chi connectivity index (χ3v) is 4.33. The SMILES string of the molecule is O=C(NCc1ccc(-n2ccnc2)cc1)c1ccc(Cn2ccnc2)cc1. The Balaban J connectivity index is 1.33. The van der Waals surface area contributed by atoms with Crippen LogP contribution in [0, 0.1) is 0 Å². The molecule has 27 heavy (non-hydrogen) atoms. The third-order valence-electron chi connectivity index (χ3n) is 4.33. The van der Waals surface area contributed by atoms with Gasteiger partial charge in [-0.15, -0.1) is 0 Å². The molecule has 0 bridgehead atoms. The maximum Gasteiger partial charge on any atom is 0.251 e. The summed E-state index contributed by atoms with van der Waals surface area (Å²) in [5.74, 6) is -0.0807. The molecule has 0 saturated heterocycles. The van der Waals surface area contributed by atoms with Crippen molar-refractivity contribution >= 4 is 5.91 Å². The molecule has 134 valence electrons. The van der Waals surface area contributed by atoms with Crippen LogP contribution in [0.15, 0.2) is 86.0 Å². The zero-order chi connectivity index (χ0) is 18.5. The Morgan fingerprint density at radius 2 is 1.56 bits per heavy atom. The van der Waals surface area contributed by atoms with E-state index < -0.39 is 0 Å². The molecule has 0 saturated carbocycles. The third kappa shape index (κ3) is 4.12. The highest BCUT2D eigenvalue weighted by atomic mass is 16.1. The number of hydrogen-bond donors (Lipinski definition) is 1. The van der Waals surface area contributed by atoms with Gasteiger partial charge in [0.25, 0.3) is 5.91 Å². The Labute approximate surface area is 157 Å². The number of amides is 1. The summed E-state index contributed by atoms with van der Waals surface area (Å²) < 4.78 is 3.93. The van der Waals surface area contributed by atoms with Crippen molar-refractivity contribution in [1.82, 2.24) is 24.4 Å². The summed E-state index contributed by atoms with van der Waals surface area (Å²) in [6.07, 6.45) is 10.8. The molecular formula is C21H19N5O. The predicted molar refractivity (Wildman–Crippen MR) is 103 cm³/mol. The number of aromatic nitrogens is 4. The molecule has 0 atom stereocenters. The second-order valence-electron chi connectivity index (χ2n) is 6.25. The maximum absolute atomic E-state index is 12.4. The fourth-order valence-corrected chi connectivity index (χ4v) is 2.83. The minimum absolute atomic E-state index is 0.0807. The summed E-state index contributed by atoms with van der Waals surface area (Å²) in [7, 11) is 0. The Hall–Kier alpha value is -3.67. The van der Waals surface area contributed by atoms with E-state index in [0.717, 1.165) is 23.4 Å². The van der Waals surface area contributed by atoms with Crippen molar-refractivity contribution in [2.45, 2.75) is 13.1 Å². The molecule has 0 aliphatic carbocycles. The highest BCUT2D eigenvalue weighted by Gasteiger charge is 2.06. The summed E-state index contributed by atoms with van der Waals surface area (Å²) in [6, 6.07) is 15.7. The number of rotatable bonds is 6. The van der Waals surface area contributed by atoms with Gasteiger partial charge in [0.05, 0.1) is 12.7 Å². The quantitative estimate of drug-likeness (QED) is 0.577. The average molecular weight is 357 g/mol. The van der Waals surface area contributed by atoms with Crippen molar-refractivity contribution in [2.75, 3.05) is 0 Å². The molecule has 6 nitrogen and oxygen atoms in total. The van der Waals surface area contributed by atoms with Crippen LogP contribution in [0.1, 0.15) is 21.5 Å². The van der Waals surface area contributed by atoms with E-state index in [4.69, 9.17) is 0 Å². The molecule has 1 amide bonds. The van der Waals surface area contributed by atoms with Crippen molar-refractivity contribution in [3.63, 3.8) is 0 Å². The molecule has 0 aliphatic heterocycles. The number of nitrogens with zero attached hydrogens (tertiary/aromatic N) is 4. The lowest BCUT2D eigenvalue weighted by atomic mass is 10.1. The van der Waals surface area contributed by atoms with E-state index in [1.807, 2.05) is 70.1 Å². The fourth-order valence-electron chi connectivity index (χ4n) is 2.83. The Bertz CT molecular complexity index is 988. The highest BCUT2D eigenvalue weighted by Crippen LogP contribution is 2.10. The molecule has 0 spiro atoms. The van der Waals surface area contributed by atoms with Crippen LogP contribution in [0.3, 0.4) is 0 Å². The van der Waals surface area contributed by atoms with Gasteiger partial charge < -0.3 is 14.5 Å². The molecule has 2 heterocycles. The van der Waals surface area contributed by atoms with Crippen LogP contribution in [0.4, 0.5) is 0 Å². The summed E-state index contributed by atoms with van der Waals surface area (Å²) >= 11 is 0. The van der Waals surface area contributed by atoms with Gasteiger partial charge in [-0.05, 0) is 35.4 Å². The number of hydrogen-bond acceptors (Lipinski definition) is 3. The standard InChI is InChI=1S/C21H19N5O/c27-21(19-5-1-18(2-6-19)14-25-11-9-22-15-25)24-13-17-3-7-20(8-4-17)26-12-10-23-16-26/h1-12,15-16H,13-14H2,(H,24,27). The molecule has 2 aromatic heterocycles. The summed E-state index contributed by atoms with van der Waals surface area (Å²) in [5, 5.41) is 2.96. The average Bonchev–Trinajstić information content (AvgIpc) is 3.41. The first kappa shape index (κ1) is 16.8. The van der Waals surface area contributed by atoms with Crippen LogP contribution < -0.4 is 5.32 Å². The zero-order valence-electron chi connectivity index (χ0n) is 14.7. The van der Waals surface area contributed by atoms with Crippen molar-refractivity contribution in [3.05, 3.63) is 103 Å². The van der Waals surface area contributed by atoms with Crippen LogP contribution in [0.2, 0.25) is 0 Å². The number of benzene rings is 2. The highest BCUT2D eigenvalue weighted by molar-refractivity contribution is 5.94. The van der Waals surface area contributed by atoms with E-state index in [2.05, 4.69) is 15.3 Å². The van der Waals surface area contributed by atoms with Crippen LogP contribution in [0.5, 0.6) is 0 Å². The largest absolute Gasteiger partial charge is 0.348 e. The minimum atomic E-state index is -0.0807. The van der Waals surface area contributed by atoms with E-state index in [-0.39, 0.29) is 5.91 Å². The van der Waals surface area contributed by atoms with Gasteiger partial charge in [-0.1, -0.05) is 24.3 Å². The molecule has 0 unspecified atom stereocenters. The molecule has 0 fully saturated rings. The van der Waals surface area contributed by atoms with E-state index in [0.29, 0.717) is 12.1 Å². The van der Waals surface area contributed by atoms with Gasteiger partial charge in [0.2, 0.25) is 0 Å². The molecule has 4 aromatic rings. The van der Waals surface area contributed by atoms with E-state index in [1.165, 1.54) is 0 Å².